The number of rotatable bonds is 6. The third-order valence-electron chi connectivity index (χ3n) is 3.21. The summed E-state index contributed by atoms with van der Waals surface area (Å²) in [6.45, 7) is 6.87. The number of aryl methyl sites for hydroxylation is 2. The van der Waals surface area contributed by atoms with Crippen LogP contribution in [0.25, 0.3) is 0 Å². The summed E-state index contributed by atoms with van der Waals surface area (Å²) in [5, 5.41) is 7.20. The van der Waals surface area contributed by atoms with Gasteiger partial charge < -0.3 is 14.6 Å². The van der Waals surface area contributed by atoms with Gasteiger partial charge in [-0.05, 0) is 44.5 Å². The van der Waals surface area contributed by atoms with Crippen molar-refractivity contribution >= 4 is 11.7 Å². The van der Waals surface area contributed by atoms with E-state index in [-0.39, 0.29) is 5.97 Å². The maximum Gasteiger partial charge on any atom is 0.338 e. The van der Waals surface area contributed by atoms with Gasteiger partial charge in [0, 0.05) is 17.8 Å². The molecule has 5 nitrogen and oxygen atoms in total. The van der Waals surface area contributed by atoms with Gasteiger partial charge in [0.05, 0.1) is 17.9 Å². The summed E-state index contributed by atoms with van der Waals surface area (Å²) in [6.07, 6.45) is 0.822. The van der Waals surface area contributed by atoms with Gasteiger partial charge in [-0.3, -0.25) is 0 Å². The second-order valence-corrected chi connectivity index (χ2v) is 4.87. The van der Waals surface area contributed by atoms with Crippen molar-refractivity contribution in [3.05, 3.63) is 46.8 Å². The molecule has 2 rings (SSSR count). The van der Waals surface area contributed by atoms with Crippen molar-refractivity contribution in [1.29, 1.82) is 0 Å². The fourth-order valence-electron chi connectivity index (χ4n) is 1.95. The summed E-state index contributed by atoms with van der Waals surface area (Å²) in [6, 6.07) is 7.24. The minimum atomic E-state index is -0.283. The van der Waals surface area contributed by atoms with Crippen LogP contribution in [0.2, 0.25) is 0 Å². The molecule has 1 N–H and O–H groups in total. The molecule has 1 aromatic carbocycles. The van der Waals surface area contributed by atoms with E-state index in [4.69, 9.17) is 9.26 Å². The zero-order chi connectivity index (χ0) is 15.2. The van der Waals surface area contributed by atoms with Crippen LogP contribution < -0.4 is 5.32 Å². The van der Waals surface area contributed by atoms with E-state index in [9.17, 15) is 4.79 Å². The second kappa shape index (κ2) is 6.92. The van der Waals surface area contributed by atoms with Crippen LogP contribution in [0, 0.1) is 13.8 Å². The van der Waals surface area contributed by atoms with Crippen molar-refractivity contribution in [1.82, 2.24) is 5.16 Å². The van der Waals surface area contributed by atoms with Crippen molar-refractivity contribution < 1.29 is 14.1 Å². The minimum absolute atomic E-state index is 0.283. The number of nitrogens with one attached hydrogen (secondary N) is 1. The van der Waals surface area contributed by atoms with Gasteiger partial charge in [0.15, 0.2) is 0 Å². The fourth-order valence-corrected chi connectivity index (χ4v) is 1.95. The van der Waals surface area contributed by atoms with Gasteiger partial charge in [0.1, 0.15) is 5.76 Å². The van der Waals surface area contributed by atoms with Gasteiger partial charge in [0.2, 0.25) is 0 Å². The van der Waals surface area contributed by atoms with Crippen LogP contribution in [0.1, 0.15) is 40.7 Å². The molecule has 0 unspecified atom stereocenters. The lowest BCUT2D eigenvalue weighted by Crippen LogP contribution is -2.06. The maximum atomic E-state index is 11.7. The molecule has 0 saturated heterocycles. The SMILES string of the molecule is CCCOC(=O)c1ccc(NCc2c(C)noc2C)cc1. The summed E-state index contributed by atoms with van der Waals surface area (Å²) in [5.41, 5.74) is 3.44. The largest absolute Gasteiger partial charge is 0.462 e. The molecule has 2 aromatic rings. The summed E-state index contributed by atoms with van der Waals surface area (Å²) in [7, 11) is 0. The lowest BCUT2D eigenvalue weighted by Gasteiger charge is -2.07. The molecule has 5 heteroatoms. The van der Waals surface area contributed by atoms with E-state index in [1.165, 1.54) is 0 Å². The van der Waals surface area contributed by atoms with Crippen molar-refractivity contribution in [3.63, 3.8) is 0 Å². The van der Waals surface area contributed by atoms with Crippen molar-refractivity contribution in [2.45, 2.75) is 33.7 Å². The number of anilines is 1. The number of benzene rings is 1. The van der Waals surface area contributed by atoms with Crippen molar-refractivity contribution in [2.24, 2.45) is 0 Å². The first kappa shape index (κ1) is 15.1. The molecule has 1 aromatic heterocycles. The van der Waals surface area contributed by atoms with E-state index in [2.05, 4.69) is 10.5 Å². The Bertz CT molecular complexity index is 583. The molecule has 0 fully saturated rings. The zero-order valence-electron chi connectivity index (χ0n) is 12.6. The van der Waals surface area contributed by atoms with E-state index < -0.39 is 0 Å². The lowest BCUT2D eigenvalue weighted by atomic mass is 10.2. The van der Waals surface area contributed by atoms with Crippen molar-refractivity contribution in [3.8, 4) is 0 Å². The number of aromatic nitrogens is 1. The molecule has 0 bridgehead atoms. The first-order valence-electron chi connectivity index (χ1n) is 7.04. The van der Waals surface area contributed by atoms with Crippen LogP contribution in [0.3, 0.4) is 0 Å². The number of nitrogens with zero attached hydrogens (tertiary/aromatic N) is 1. The normalized spacial score (nSPS) is 10.4. The first-order chi connectivity index (χ1) is 10.1. The molecule has 1 heterocycles. The maximum absolute atomic E-state index is 11.7. The van der Waals surface area contributed by atoms with Crippen LogP contribution in [0.5, 0.6) is 0 Å². The molecule has 0 aliphatic rings. The Labute approximate surface area is 124 Å². The highest BCUT2D eigenvalue weighted by atomic mass is 16.5. The number of carbonyl (C=O) groups is 1. The fraction of sp³-hybridized carbons (Fsp3) is 0.375. The van der Waals surface area contributed by atoms with Crippen LogP contribution >= 0.6 is 0 Å². The average molecular weight is 288 g/mol. The standard InChI is InChI=1S/C16H20N2O3/c1-4-9-20-16(19)13-5-7-14(8-6-13)17-10-15-11(2)18-21-12(15)3/h5-8,17H,4,9-10H2,1-3H3. The summed E-state index contributed by atoms with van der Waals surface area (Å²) < 4.78 is 10.2. The molecule has 0 atom stereocenters. The second-order valence-electron chi connectivity index (χ2n) is 4.87. The van der Waals surface area contributed by atoms with Crippen LogP contribution in [-0.2, 0) is 11.3 Å². The van der Waals surface area contributed by atoms with Gasteiger partial charge in [0.25, 0.3) is 0 Å². The van der Waals surface area contributed by atoms with E-state index in [1.807, 2.05) is 32.9 Å². The van der Waals surface area contributed by atoms with Gasteiger partial charge in [-0.2, -0.15) is 0 Å². The molecular weight excluding hydrogens is 268 g/mol. The summed E-state index contributed by atoms with van der Waals surface area (Å²) in [5.74, 6) is 0.536. The summed E-state index contributed by atoms with van der Waals surface area (Å²) >= 11 is 0. The first-order valence-corrected chi connectivity index (χ1v) is 7.04. The molecule has 0 radical (unpaired) electrons. The van der Waals surface area contributed by atoms with Gasteiger partial charge in [-0.15, -0.1) is 0 Å². The topological polar surface area (TPSA) is 64.4 Å². The molecule has 0 amide bonds. The Kier molecular flexibility index (Phi) is 4.98. The number of ether oxygens (including phenoxy) is 1. The van der Waals surface area contributed by atoms with Gasteiger partial charge >= 0.3 is 5.97 Å². The molecule has 0 spiro atoms. The van der Waals surface area contributed by atoms with Crippen LogP contribution in [0.15, 0.2) is 28.8 Å². The van der Waals surface area contributed by atoms with Gasteiger partial charge in [-0.25, -0.2) is 4.79 Å². The van der Waals surface area contributed by atoms with Gasteiger partial charge in [-0.1, -0.05) is 12.1 Å². The average Bonchev–Trinajstić information content (AvgIpc) is 2.82. The van der Waals surface area contributed by atoms with Crippen LogP contribution in [-0.4, -0.2) is 17.7 Å². The highest BCUT2D eigenvalue weighted by Gasteiger charge is 2.09. The Morgan fingerprint density at radius 2 is 2.00 bits per heavy atom. The van der Waals surface area contributed by atoms with E-state index in [0.717, 1.165) is 29.1 Å². The monoisotopic (exact) mass is 288 g/mol. The third-order valence-corrected chi connectivity index (χ3v) is 3.21. The Morgan fingerprint density at radius 3 is 2.57 bits per heavy atom. The number of esters is 1. The lowest BCUT2D eigenvalue weighted by molar-refractivity contribution is 0.0505. The smallest absolute Gasteiger partial charge is 0.338 e. The Hall–Kier alpha value is -2.30. The molecular formula is C16H20N2O3. The molecule has 112 valence electrons. The quantitative estimate of drug-likeness (QED) is 0.824. The number of hydrogen-bond donors (Lipinski definition) is 1. The predicted molar refractivity (Wildman–Crippen MR) is 80.3 cm³/mol. The van der Waals surface area contributed by atoms with E-state index >= 15 is 0 Å². The zero-order valence-corrected chi connectivity index (χ0v) is 12.6. The molecule has 0 aliphatic carbocycles. The third kappa shape index (κ3) is 3.84. The summed E-state index contributed by atoms with van der Waals surface area (Å²) in [4.78, 5) is 11.7. The predicted octanol–water partition coefficient (Wildman–Crippen LogP) is 3.47. The minimum Gasteiger partial charge on any atom is -0.462 e. The van der Waals surface area contributed by atoms with Crippen LogP contribution in [0.4, 0.5) is 5.69 Å². The highest BCUT2D eigenvalue weighted by molar-refractivity contribution is 5.89. The Balaban J connectivity index is 1.95. The van der Waals surface area contributed by atoms with E-state index in [0.29, 0.717) is 18.7 Å². The Morgan fingerprint density at radius 1 is 1.29 bits per heavy atom. The van der Waals surface area contributed by atoms with E-state index in [1.54, 1.807) is 12.1 Å². The molecule has 21 heavy (non-hydrogen) atoms. The highest BCUT2D eigenvalue weighted by Crippen LogP contribution is 2.16. The molecule has 0 aliphatic heterocycles. The van der Waals surface area contributed by atoms with Crippen molar-refractivity contribution in [2.75, 3.05) is 11.9 Å². The number of carbonyl (C=O) groups excluding carboxylic acids is 1. The molecule has 0 saturated carbocycles. The number of hydrogen-bond acceptors (Lipinski definition) is 5.